The largest absolute Gasteiger partial charge is 0.453 e. The lowest BCUT2D eigenvalue weighted by atomic mass is 9.85. The van der Waals surface area contributed by atoms with E-state index in [2.05, 4.69) is 108 Å². The third-order valence-corrected chi connectivity index (χ3v) is 13.5. The van der Waals surface area contributed by atoms with Crippen molar-refractivity contribution < 1.29 is 4.74 Å². The molecular formula is C50H53NO. The standard InChI is InChI=1S/C50H53NO/c1-2-14-34(13-1)38-25-39(35-15-3-4-16-35)28-42(27-38)44-31-45(43-29-40(36-17-5-6-18-36)26-41(30-43)37-19-7-8-20-37)33-46(32-44)51-47-21-9-11-23-49(47)52-50-24-12-10-22-48(50)51/h9-12,21-37H,1-8,13-20H2. The van der Waals surface area contributed by atoms with E-state index >= 15 is 0 Å². The molecule has 0 N–H and O–H groups in total. The highest BCUT2D eigenvalue weighted by molar-refractivity contribution is 5.90. The summed E-state index contributed by atoms with van der Waals surface area (Å²) in [6, 6.07) is 40.2. The van der Waals surface area contributed by atoms with Crippen LogP contribution in [0, 0.1) is 0 Å². The number of nitrogens with zero attached hydrogens (tertiary/aromatic N) is 1. The Hall–Kier alpha value is -4.30. The molecule has 4 aliphatic carbocycles. The Balaban J connectivity index is 1.19. The van der Waals surface area contributed by atoms with Crippen LogP contribution in [-0.2, 0) is 0 Å². The predicted octanol–water partition coefficient (Wildman–Crippen LogP) is 15.2. The fourth-order valence-electron chi connectivity index (χ4n) is 10.7. The second-order valence-corrected chi connectivity index (χ2v) is 16.8. The van der Waals surface area contributed by atoms with Gasteiger partial charge in [-0.05, 0) is 162 Å². The van der Waals surface area contributed by atoms with Crippen LogP contribution in [0.4, 0.5) is 17.1 Å². The zero-order valence-electron chi connectivity index (χ0n) is 30.8. The first-order chi connectivity index (χ1) is 25.7. The van der Waals surface area contributed by atoms with Gasteiger partial charge in [-0.2, -0.15) is 0 Å². The third-order valence-electron chi connectivity index (χ3n) is 13.5. The Labute approximate surface area is 311 Å². The Kier molecular flexibility index (Phi) is 8.66. The predicted molar refractivity (Wildman–Crippen MR) is 217 cm³/mol. The minimum Gasteiger partial charge on any atom is -0.453 e. The minimum atomic E-state index is 0.692. The number of ether oxygens (including phenoxy) is 1. The zero-order chi connectivity index (χ0) is 34.4. The maximum Gasteiger partial charge on any atom is 0.151 e. The van der Waals surface area contributed by atoms with Crippen molar-refractivity contribution in [3.05, 3.63) is 125 Å². The van der Waals surface area contributed by atoms with Crippen molar-refractivity contribution in [1.29, 1.82) is 0 Å². The Bertz CT molecular complexity index is 1860. The van der Waals surface area contributed by atoms with Crippen LogP contribution in [0.25, 0.3) is 22.3 Å². The molecule has 4 saturated carbocycles. The molecule has 1 aliphatic heterocycles. The monoisotopic (exact) mass is 683 g/mol. The van der Waals surface area contributed by atoms with Gasteiger partial charge >= 0.3 is 0 Å². The molecule has 0 bridgehead atoms. The smallest absolute Gasteiger partial charge is 0.151 e. The summed E-state index contributed by atoms with van der Waals surface area (Å²) < 4.78 is 6.51. The van der Waals surface area contributed by atoms with Crippen molar-refractivity contribution in [1.82, 2.24) is 0 Å². The first-order valence-corrected chi connectivity index (χ1v) is 20.9. The van der Waals surface area contributed by atoms with E-state index in [1.165, 1.54) is 131 Å². The quantitative estimate of drug-likeness (QED) is 0.166. The van der Waals surface area contributed by atoms with Crippen LogP contribution in [0.15, 0.2) is 103 Å². The number of rotatable bonds is 7. The van der Waals surface area contributed by atoms with Crippen molar-refractivity contribution in [2.24, 2.45) is 0 Å². The molecule has 5 aromatic rings. The van der Waals surface area contributed by atoms with Gasteiger partial charge in [0.05, 0.1) is 11.4 Å². The average Bonchev–Trinajstić information content (AvgIpc) is 4.05. The zero-order valence-corrected chi connectivity index (χ0v) is 30.8. The van der Waals surface area contributed by atoms with Gasteiger partial charge in [0.15, 0.2) is 11.5 Å². The van der Waals surface area contributed by atoms with Gasteiger partial charge in [0.2, 0.25) is 0 Å². The average molecular weight is 684 g/mol. The Morgan fingerprint density at radius 2 is 0.692 bits per heavy atom. The van der Waals surface area contributed by atoms with Crippen LogP contribution in [0.2, 0.25) is 0 Å². The van der Waals surface area contributed by atoms with Crippen molar-refractivity contribution >= 4 is 17.1 Å². The third kappa shape index (κ3) is 6.17. The number of hydrogen-bond acceptors (Lipinski definition) is 2. The molecule has 2 heteroatoms. The molecule has 0 amide bonds. The van der Waals surface area contributed by atoms with E-state index in [1.807, 2.05) is 0 Å². The highest BCUT2D eigenvalue weighted by Crippen LogP contribution is 2.52. The van der Waals surface area contributed by atoms with Gasteiger partial charge < -0.3 is 9.64 Å². The van der Waals surface area contributed by atoms with Gasteiger partial charge in [0, 0.05) is 5.69 Å². The van der Waals surface area contributed by atoms with Gasteiger partial charge in [-0.25, -0.2) is 0 Å². The number of para-hydroxylation sites is 4. The maximum atomic E-state index is 6.51. The summed E-state index contributed by atoms with van der Waals surface area (Å²) in [5.41, 5.74) is 15.2. The summed E-state index contributed by atoms with van der Waals surface area (Å²) in [5.74, 6) is 4.59. The first-order valence-electron chi connectivity index (χ1n) is 20.9. The van der Waals surface area contributed by atoms with E-state index in [1.54, 1.807) is 22.3 Å². The van der Waals surface area contributed by atoms with Crippen LogP contribution in [0.5, 0.6) is 11.5 Å². The number of fused-ring (bicyclic) bond motifs is 2. The fourth-order valence-corrected chi connectivity index (χ4v) is 10.7. The Morgan fingerprint density at radius 1 is 0.365 bits per heavy atom. The summed E-state index contributed by atoms with van der Waals surface area (Å²) in [7, 11) is 0. The molecule has 2 nitrogen and oxygen atoms in total. The molecule has 0 saturated heterocycles. The minimum absolute atomic E-state index is 0.692. The lowest BCUT2D eigenvalue weighted by Crippen LogP contribution is -2.15. The molecule has 0 unspecified atom stereocenters. The van der Waals surface area contributed by atoms with E-state index < -0.39 is 0 Å². The molecule has 5 aromatic carbocycles. The van der Waals surface area contributed by atoms with Crippen molar-refractivity contribution in [2.75, 3.05) is 4.90 Å². The second kappa shape index (κ2) is 13.9. The summed E-state index contributed by atoms with van der Waals surface area (Å²) >= 11 is 0. The number of hydrogen-bond donors (Lipinski definition) is 0. The molecule has 10 rings (SSSR count). The van der Waals surface area contributed by atoms with Gasteiger partial charge in [-0.1, -0.05) is 112 Å². The summed E-state index contributed by atoms with van der Waals surface area (Å²) in [6.45, 7) is 0. The molecular weight excluding hydrogens is 631 g/mol. The van der Waals surface area contributed by atoms with Crippen molar-refractivity contribution in [3.8, 4) is 33.8 Å². The lowest BCUT2D eigenvalue weighted by Gasteiger charge is -2.33. The van der Waals surface area contributed by atoms with E-state index in [9.17, 15) is 0 Å². The van der Waals surface area contributed by atoms with E-state index in [0.717, 1.165) is 22.9 Å². The van der Waals surface area contributed by atoms with Gasteiger partial charge in [0.1, 0.15) is 0 Å². The van der Waals surface area contributed by atoms with E-state index in [0.29, 0.717) is 23.7 Å². The first kappa shape index (κ1) is 32.4. The molecule has 0 aromatic heterocycles. The molecule has 0 spiro atoms. The van der Waals surface area contributed by atoms with Crippen molar-refractivity contribution in [2.45, 2.75) is 126 Å². The van der Waals surface area contributed by atoms with E-state index in [4.69, 9.17) is 4.74 Å². The van der Waals surface area contributed by atoms with Crippen LogP contribution in [0.1, 0.15) is 149 Å². The summed E-state index contributed by atoms with van der Waals surface area (Å²) in [6.07, 6.45) is 21.6. The van der Waals surface area contributed by atoms with Crippen LogP contribution < -0.4 is 9.64 Å². The van der Waals surface area contributed by atoms with Crippen LogP contribution in [0.3, 0.4) is 0 Å². The molecule has 4 fully saturated rings. The summed E-state index contributed by atoms with van der Waals surface area (Å²) in [5, 5.41) is 0. The summed E-state index contributed by atoms with van der Waals surface area (Å²) in [4.78, 5) is 2.46. The molecule has 1 heterocycles. The maximum absolute atomic E-state index is 6.51. The number of benzene rings is 5. The topological polar surface area (TPSA) is 12.5 Å². The second-order valence-electron chi connectivity index (χ2n) is 16.8. The van der Waals surface area contributed by atoms with Crippen LogP contribution in [-0.4, -0.2) is 0 Å². The van der Waals surface area contributed by atoms with E-state index in [-0.39, 0.29) is 0 Å². The highest BCUT2D eigenvalue weighted by atomic mass is 16.5. The van der Waals surface area contributed by atoms with Crippen LogP contribution >= 0.6 is 0 Å². The van der Waals surface area contributed by atoms with Gasteiger partial charge in [-0.15, -0.1) is 0 Å². The molecule has 264 valence electrons. The number of anilines is 3. The lowest BCUT2D eigenvalue weighted by molar-refractivity contribution is 0.477. The SMILES string of the molecule is c1ccc2c(c1)Oc1ccccc1N2c1cc(-c2cc(C3CCCC3)cc(C3CCCC3)c2)cc(-c2cc(C3CCCC3)cc(C3CCCC3)c2)c1. The van der Waals surface area contributed by atoms with Gasteiger partial charge in [-0.3, -0.25) is 0 Å². The molecule has 52 heavy (non-hydrogen) atoms. The molecule has 0 radical (unpaired) electrons. The van der Waals surface area contributed by atoms with Crippen molar-refractivity contribution in [3.63, 3.8) is 0 Å². The Morgan fingerprint density at radius 3 is 1.06 bits per heavy atom. The van der Waals surface area contributed by atoms with Gasteiger partial charge in [0.25, 0.3) is 0 Å². The normalized spacial score (nSPS) is 19.7. The molecule has 5 aliphatic rings. The molecule has 0 atom stereocenters. The highest BCUT2D eigenvalue weighted by Gasteiger charge is 2.28. The fraction of sp³-hybridized carbons (Fsp3) is 0.400.